The fourth-order valence-electron chi connectivity index (χ4n) is 3.62. The monoisotopic (exact) mass is 417 g/mol. The van der Waals surface area contributed by atoms with Crippen LogP contribution in [0.1, 0.15) is 16.7 Å². The van der Waals surface area contributed by atoms with Crippen LogP contribution in [-0.4, -0.2) is 38.6 Å². The van der Waals surface area contributed by atoms with Crippen molar-refractivity contribution in [3.63, 3.8) is 0 Å². The van der Waals surface area contributed by atoms with E-state index >= 15 is 0 Å². The zero-order chi connectivity index (χ0) is 18.5. The minimum absolute atomic E-state index is 0.119. The van der Waals surface area contributed by atoms with Gasteiger partial charge in [0.25, 0.3) is 5.91 Å². The molecule has 1 heterocycles. The Balaban J connectivity index is 1.46. The molecule has 0 bridgehead atoms. The molecule has 0 unspecified atom stereocenters. The van der Waals surface area contributed by atoms with Crippen LogP contribution in [0.3, 0.4) is 0 Å². The van der Waals surface area contributed by atoms with Crippen LogP contribution < -0.4 is 15.1 Å². The number of carbonyl (C=O) groups excluding carboxylic acids is 1. The lowest BCUT2D eigenvalue weighted by Crippen LogP contribution is -3.28. The molecule has 1 aliphatic heterocycles. The van der Waals surface area contributed by atoms with E-state index in [4.69, 9.17) is 0 Å². The number of para-hydroxylation sites is 1. The van der Waals surface area contributed by atoms with Crippen LogP contribution in [0.5, 0.6) is 0 Å². The molecule has 5 heteroatoms. The molecule has 138 valence electrons. The number of benzene rings is 2. The number of anilines is 1. The number of quaternary nitrogens is 2. The summed E-state index contributed by atoms with van der Waals surface area (Å²) in [5.74, 6) is 0.119. The van der Waals surface area contributed by atoms with Crippen molar-refractivity contribution in [2.45, 2.75) is 20.4 Å². The molecule has 0 saturated carbocycles. The lowest BCUT2D eigenvalue weighted by atomic mass is 10.1. The molecule has 0 aliphatic carbocycles. The maximum absolute atomic E-state index is 12.4. The minimum atomic E-state index is 0.119. The Labute approximate surface area is 164 Å². The fraction of sp³-hybridized carbons (Fsp3) is 0.381. The van der Waals surface area contributed by atoms with Crippen molar-refractivity contribution in [1.29, 1.82) is 0 Å². The number of carbonyl (C=O) groups is 1. The van der Waals surface area contributed by atoms with Crippen molar-refractivity contribution < 1.29 is 14.6 Å². The van der Waals surface area contributed by atoms with E-state index in [1.807, 2.05) is 32.0 Å². The quantitative estimate of drug-likeness (QED) is 0.666. The molecule has 26 heavy (non-hydrogen) atoms. The zero-order valence-electron chi connectivity index (χ0n) is 15.6. The third-order valence-electron chi connectivity index (χ3n) is 5.19. The number of hydrogen-bond acceptors (Lipinski definition) is 1. The SMILES string of the molecule is Cc1cccc(C)c1NC(=O)C[NH+]1CC[NH+](Cc2ccc(Br)cc2)CC1. The summed E-state index contributed by atoms with van der Waals surface area (Å²) in [4.78, 5) is 15.4. The predicted molar refractivity (Wildman–Crippen MR) is 109 cm³/mol. The average molecular weight is 418 g/mol. The Morgan fingerprint density at radius 2 is 1.54 bits per heavy atom. The lowest BCUT2D eigenvalue weighted by molar-refractivity contribution is -1.02. The average Bonchev–Trinajstić information content (AvgIpc) is 2.62. The van der Waals surface area contributed by atoms with Crippen molar-refractivity contribution in [3.05, 3.63) is 63.6 Å². The third kappa shape index (κ3) is 5.16. The number of nitrogens with one attached hydrogen (secondary N) is 3. The summed E-state index contributed by atoms with van der Waals surface area (Å²) in [6, 6.07) is 14.7. The van der Waals surface area contributed by atoms with E-state index in [9.17, 15) is 4.79 Å². The lowest BCUT2D eigenvalue weighted by Gasteiger charge is -2.29. The van der Waals surface area contributed by atoms with Gasteiger partial charge >= 0.3 is 0 Å². The maximum atomic E-state index is 12.4. The molecule has 0 aromatic heterocycles. The molecular formula is C21H28BrN3O+2. The summed E-state index contributed by atoms with van der Waals surface area (Å²) in [6.07, 6.45) is 0. The van der Waals surface area contributed by atoms with Crippen LogP contribution in [0.2, 0.25) is 0 Å². The second-order valence-electron chi connectivity index (χ2n) is 7.30. The van der Waals surface area contributed by atoms with Crippen LogP contribution >= 0.6 is 15.9 Å². The molecule has 0 atom stereocenters. The van der Waals surface area contributed by atoms with Gasteiger partial charge in [-0.05, 0) is 37.1 Å². The summed E-state index contributed by atoms with van der Waals surface area (Å²) >= 11 is 3.49. The Kier molecular flexibility index (Phi) is 6.46. The molecular weight excluding hydrogens is 390 g/mol. The van der Waals surface area contributed by atoms with Crippen LogP contribution in [0, 0.1) is 13.8 Å². The Morgan fingerprint density at radius 3 is 2.15 bits per heavy atom. The topological polar surface area (TPSA) is 38.0 Å². The van der Waals surface area contributed by atoms with E-state index in [0.29, 0.717) is 6.54 Å². The normalized spacial score (nSPS) is 20.0. The van der Waals surface area contributed by atoms with Gasteiger partial charge in [0.05, 0.1) is 0 Å². The first-order valence-corrected chi connectivity index (χ1v) is 10.1. The second kappa shape index (κ2) is 8.80. The van der Waals surface area contributed by atoms with Crippen LogP contribution in [0.4, 0.5) is 5.69 Å². The van der Waals surface area contributed by atoms with Crippen LogP contribution in [0.25, 0.3) is 0 Å². The smallest absolute Gasteiger partial charge is 0.279 e. The standard InChI is InChI=1S/C21H26BrN3O/c1-16-4-3-5-17(2)21(16)23-20(26)15-25-12-10-24(11-13-25)14-18-6-8-19(22)9-7-18/h3-9H,10-15H2,1-2H3,(H,23,26)/p+2. The van der Waals surface area contributed by atoms with Crippen molar-refractivity contribution in [2.24, 2.45) is 0 Å². The van der Waals surface area contributed by atoms with Gasteiger partial charge in [0, 0.05) is 15.7 Å². The molecule has 3 N–H and O–H groups in total. The number of amides is 1. The van der Waals surface area contributed by atoms with Gasteiger partial charge in [0.2, 0.25) is 0 Å². The number of halogens is 1. The van der Waals surface area contributed by atoms with E-state index < -0.39 is 0 Å². The van der Waals surface area contributed by atoms with Gasteiger partial charge in [-0.3, -0.25) is 4.79 Å². The molecule has 2 aromatic carbocycles. The highest BCUT2D eigenvalue weighted by Crippen LogP contribution is 2.18. The molecule has 4 nitrogen and oxygen atoms in total. The second-order valence-corrected chi connectivity index (χ2v) is 8.21. The molecule has 2 aromatic rings. The van der Waals surface area contributed by atoms with E-state index in [2.05, 4.69) is 45.5 Å². The maximum Gasteiger partial charge on any atom is 0.279 e. The van der Waals surface area contributed by atoms with Gasteiger partial charge in [0.15, 0.2) is 6.54 Å². The number of piperazine rings is 1. The predicted octanol–water partition coefficient (Wildman–Crippen LogP) is 0.988. The third-order valence-corrected chi connectivity index (χ3v) is 5.72. The van der Waals surface area contributed by atoms with E-state index in [0.717, 1.165) is 54.0 Å². The number of aryl methyl sites for hydroxylation is 2. The first-order valence-electron chi connectivity index (χ1n) is 9.29. The molecule has 3 rings (SSSR count). The van der Waals surface area contributed by atoms with Gasteiger partial charge in [0.1, 0.15) is 32.7 Å². The highest BCUT2D eigenvalue weighted by Gasteiger charge is 2.25. The summed E-state index contributed by atoms with van der Waals surface area (Å²) in [5.41, 5.74) is 4.59. The Hall–Kier alpha value is -1.69. The highest BCUT2D eigenvalue weighted by molar-refractivity contribution is 9.10. The molecule has 1 aliphatic rings. The van der Waals surface area contributed by atoms with Crippen molar-refractivity contribution in [1.82, 2.24) is 0 Å². The van der Waals surface area contributed by atoms with E-state index in [1.165, 1.54) is 10.5 Å². The summed E-state index contributed by atoms with van der Waals surface area (Å²) in [7, 11) is 0. The summed E-state index contributed by atoms with van der Waals surface area (Å²) in [6.45, 7) is 10.0. The van der Waals surface area contributed by atoms with E-state index in [1.54, 1.807) is 4.90 Å². The van der Waals surface area contributed by atoms with Crippen LogP contribution in [0.15, 0.2) is 46.9 Å². The fourth-order valence-corrected chi connectivity index (χ4v) is 3.89. The van der Waals surface area contributed by atoms with Crippen molar-refractivity contribution >= 4 is 27.5 Å². The zero-order valence-corrected chi connectivity index (χ0v) is 17.2. The first-order chi connectivity index (χ1) is 12.5. The minimum Gasteiger partial charge on any atom is -0.322 e. The van der Waals surface area contributed by atoms with Gasteiger partial charge in [-0.25, -0.2) is 0 Å². The van der Waals surface area contributed by atoms with Gasteiger partial charge in [-0.1, -0.05) is 46.3 Å². The molecule has 1 amide bonds. The Morgan fingerprint density at radius 1 is 0.962 bits per heavy atom. The molecule has 1 fully saturated rings. The summed E-state index contributed by atoms with van der Waals surface area (Å²) in [5, 5.41) is 3.11. The molecule has 0 radical (unpaired) electrons. The largest absolute Gasteiger partial charge is 0.322 e. The number of rotatable bonds is 5. The van der Waals surface area contributed by atoms with Crippen molar-refractivity contribution in [3.8, 4) is 0 Å². The summed E-state index contributed by atoms with van der Waals surface area (Å²) < 4.78 is 1.13. The first kappa shape index (κ1) is 19.1. The molecule has 0 spiro atoms. The van der Waals surface area contributed by atoms with Gasteiger partial charge in [-0.2, -0.15) is 0 Å². The number of hydrogen-bond donors (Lipinski definition) is 3. The van der Waals surface area contributed by atoms with Crippen molar-refractivity contribution in [2.75, 3.05) is 38.0 Å². The van der Waals surface area contributed by atoms with E-state index in [-0.39, 0.29) is 5.91 Å². The highest BCUT2D eigenvalue weighted by atomic mass is 79.9. The van der Waals surface area contributed by atoms with Gasteiger partial charge < -0.3 is 15.1 Å². The van der Waals surface area contributed by atoms with Crippen LogP contribution in [-0.2, 0) is 11.3 Å². The molecule has 1 saturated heterocycles. The van der Waals surface area contributed by atoms with Gasteiger partial charge in [-0.15, -0.1) is 0 Å². The Bertz CT molecular complexity index is 732.